The first kappa shape index (κ1) is 11.0. The zero-order valence-electron chi connectivity index (χ0n) is 10.5. The molecule has 2 rings (SSSR count). The Morgan fingerprint density at radius 2 is 1.75 bits per heavy atom. The minimum absolute atomic E-state index is 0.351. The van der Waals surface area contributed by atoms with Crippen LogP contribution in [0.1, 0.15) is 56.7 Å². The Morgan fingerprint density at radius 3 is 2.31 bits per heavy atom. The van der Waals surface area contributed by atoms with Crippen molar-refractivity contribution in [1.29, 1.82) is 0 Å². The number of hydrogen-bond donors (Lipinski definition) is 0. The van der Waals surface area contributed by atoms with Gasteiger partial charge in [0.1, 0.15) is 11.6 Å². The summed E-state index contributed by atoms with van der Waals surface area (Å²) in [7, 11) is 0. The maximum atomic E-state index is 4.49. The molecule has 0 bridgehead atoms. The quantitative estimate of drug-likeness (QED) is 0.778. The van der Waals surface area contributed by atoms with Gasteiger partial charge in [-0.3, -0.25) is 0 Å². The Morgan fingerprint density at radius 1 is 1.06 bits per heavy atom. The molecule has 0 aliphatic heterocycles. The van der Waals surface area contributed by atoms with Gasteiger partial charge in [0.15, 0.2) is 5.65 Å². The van der Waals surface area contributed by atoms with E-state index in [-0.39, 0.29) is 0 Å². The molecule has 0 saturated carbocycles. The van der Waals surface area contributed by atoms with E-state index < -0.39 is 0 Å². The van der Waals surface area contributed by atoms with Gasteiger partial charge in [0.05, 0.1) is 6.20 Å². The maximum Gasteiger partial charge on any atom is 0.162 e. The van der Waals surface area contributed by atoms with Crippen LogP contribution in [0.25, 0.3) is 5.65 Å². The fourth-order valence-corrected chi connectivity index (χ4v) is 1.81. The summed E-state index contributed by atoms with van der Waals surface area (Å²) in [5.41, 5.74) is 2.14. The van der Waals surface area contributed by atoms with Crippen LogP contribution in [0.5, 0.6) is 0 Å². The van der Waals surface area contributed by atoms with Crippen LogP contribution in [-0.4, -0.2) is 19.6 Å². The summed E-state index contributed by atoms with van der Waals surface area (Å²) < 4.78 is 1.87. The molecule has 0 unspecified atom stereocenters. The van der Waals surface area contributed by atoms with Gasteiger partial charge >= 0.3 is 0 Å². The molecular weight excluding hydrogens is 200 g/mol. The Hall–Kier alpha value is -1.45. The zero-order chi connectivity index (χ0) is 11.9. The topological polar surface area (TPSA) is 43.1 Å². The van der Waals surface area contributed by atoms with Crippen molar-refractivity contribution in [2.45, 2.75) is 46.5 Å². The third-order valence-electron chi connectivity index (χ3n) is 2.67. The number of rotatable bonds is 2. The van der Waals surface area contributed by atoms with Crippen LogP contribution >= 0.6 is 0 Å². The van der Waals surface area contributed by atoms with Crippen molar-refractivity contribution in [3.8, 4) is 0 Å². The van der Waals surface area contributed by atoms with Crippen LogP contribution in [0.2, 0.25) is 0 Å². The van der Waals surface area contributed by atoms with E-state index >= 15 is 0 Å². The van der Waals surface area contributed by atoms with Gasteiger partial charge in [-0.25, -0.2) is 14.5 Å². The van der Waals surface area contributed by atoms with Gasteiger partial charge in [0.2, 0.25) is 0 Å². The molecule has 16 heavy (non-hydrogen) atoms. The average molecular weight is 218 g/mol. The third-order valence-corrected chi connectivity index (χ3v) is 2.67. The lowest BCUT2D eigenvalue weighted by Gasteiger charge is -2.09. The number of fused-ring (bicyclic) bond motifs is 1. The van der Waals surface area contributed by atoms with E-state index in [0.29, 0.717) is 11.8 Å². The van der Waals surface area contributed by atoms with Crippen molar-refractivity contribution in [1.82, 2.24) is 19.6 Å². The average Bonchev–Trinajstić information content (AvgIpc) is 2.59. The van der Waals surface area contributed by atoms with Crippen LogP contribution in [0.15, 0.2) is 6.20 Å². The molecule has 4 heteroatoms. The van der Waals surface area contributed by atoms with Crippen molar-refractivity contribution < 1.29 is 0 Å². The van der Waals surface area contributed by atoms with Crippen LogP contribution in [0.4, 0.5) is 0 Å². The summed E-state index contributed by atoms with van der Waals surface area (Å²) in [5, 5.41) is 4.39. The minimum Gasteiger partial charge on any atom is -0.218 e. The van der Waals surface area contributed by atoms with Crippen molar-refractivity contribution in [3.63, 3.8) is 0 Å². The summed E-state index contributed by atoms with van der Waals surface area (Å²) in [6.45, 7) is 10.5. The Bertz CT molecular complexity index is 511. The highest BCUT2D eigenvalue weighted by molar-refractivity contribution is 5.48. The molecule has 0 atom stereocenters. The van der Waals surface area contributed by atoms with Crippen LogP contribution in [-0.2, 0) is 0 Å². The molecule has 86 valence electrons. The molecular formula is C12H18N4. The Kier molecular flexibility index (Phi) is 2.66. The molecule has 0 radical (unpaired) electrons. The molecule has 0 amide bonds. The lowest BCUT2D eigenvalue weighted by atomic mass is 10.1. The number of aryl methyl sites for hydroxylation is 1. The molecule has 0 N–H and O–H groups in total. The molecule has 0 saturated heterocycles. The molecule has 2 aromatic heterocycles. The molecule has 0 fully saturated rings. The fourth-order valence-electron chi connectivity index (χ4n) is 1.81. The SMILES string of the molecule is Cc1nc(C(C)C)n2ncc(C(C)C)c2n1. The Labute approximate surface area is 95.7 Å². The van der Waals surface area contributed by atoms with E-state index in [1.165, 1.54) is 5.56 Å². The second kappa shape index (κ2) is 3.85. The lowest BCUT2D eigenvalue weighted by molar-refractivity contribution is 0.691. The lowest BCUT2D eigenvalue weighted by Crippen LogP contribution is -2.08. The van der Waals surface area contributed by atoms with Crippen molar-refractivity contribution in [2.75, 3.05) is 0 Å². The minimum atomic E-state index is 0.351. The molecule has 2 aromatic rings. The van der Waals surface area contributed by atoms with Crippen molar-refractivity contribution >= 4 is 5.65 Å². The first-order valence-electron chi connectivity index (χ1n) is 5.73. The van der Waals surface area contributed by atoms with Crippen LogP contribution < -0.4 is 0 Å². The molecule has 4 nitrogen and oxygen atoms in total. The molecule has 0 aromatic carbocycles. The van der Waals surface area contributed by atoms with Gasteiger partial charge in [-0.05, 0) is 12.8 Å². The maximum absolute atomic E-state index is 4.49. The van der Waals surface area contributed by atoms with Gasteiger partial charge in [0.25, 0.3) is 0 Å². The van der Waals surface area contributed by atoms with E-state index in [1.807, 2.05) is 17.6 Å². The summed E-state index contributed by atoms with van der Waals surface area (Å²) in [6, 6.07) is 0. The van der Waals surface area contributed by atoms with Crippen molar-refractivity contribution in [3.05, 3.63) is 23.4 Å². The molecule has 0 aliphatic rings. The predicted octanol–water partition coefficient (Wildman–Crippen LogP) is 2.68. The van der Waals surface area contributed by atoms with Gasteiger partial charge in [-0.1, -0.05) is 27.7 Å². The van der Waals surface area contributed by atoms with E-state index in [0.717, 1.165) is 17.3 Å². The predicted molar refractivity (Wildman–Crippen MR) is 63.7 cm³/mol. The first-order chi connectivity index (χ1) is 7.50. The van der Waals surface area contributed by atoms with E-state index in [9.17, 15) is 0 Å². The summed E-state index contributed by atoms with van der Waals surface area (Å²) in [4.78, 5) is 8.95. The van der Waals surface area contributed by atoms with Gasteiger partial charge < -0.3 is 0 Å². The number of nitrogens with zero attached hydrogens (tertiary/aromatic N) is 4. The third kappa shape index (κ3) is 1.68. The normalized spacial score (nSPS) is 11.9. The molecule has 0 spiro atoms. The molecule has 2 heterocycles. The summed E-state index contributed by atoms with van der Waals surface area (Å²) >= 11 is 0. The summed E-state index contributed by atoms with van der Waals surface area (Å²) in [6.07, 6.45) is 1.90. The fraction of sp³-hybridized carbons (Fsp3) is 0.583. The number of aromatic nitrogens is 4. The monoisotopic (exact) mass is 218 g/mol. The second-order valence-corrected chi connectivity index (χ2v) is 4.77. The van der Waals surface area contributed by atoms with Crippen molar-refractivity contribution in [2.24, 2.45) is 0 Å². The van der Waals surface area contributed by atoms with Gasteiger partial charge in [-0.2, -0.15) is 5.10 Å². The van der Waals surface area contributed by atoms with Gasteiger partial charge in [0, 0.05) is 11.5 Å². The second-order valence-electron chi connectivity index (χ2n) is 4.77. The Balaban J connectivity index is 2.75. The summed E-state index contributed by atoms with van der Waals surface area (Å²) in [5.74, 6) is 2.59. The van der Waals surface area contributed by atoms with Crippen LogP contribution in [0, 0.1) is 6.92 Å². The molecule has 0 aliphatic carbocycles. The van der Waals surface area contributed by atoms with Gasteiger partial charge in [-0.15, -0.1) is 0 Å². The highest BCUT2D eigenvalue weighted by Crippen LogP contribution is 2.21. The zero-order valence-corrected chi connectivity index (χ0v) is 10.5. The standard InChI is InChI=1S/C12H18N4/c1-7(2)10-6-13-16-11(8(3)4)14-9(5)15-12(10)16/h6-8H,1-5H3. The number of hydrogen-bond acceptors (Lipinski definition) is 3. The smallest absolute Gasteiger partial charge is 0.162 e. The highest BCUT2D eigenvalue weighted by atomic mass is 15.3. The highest BCUT2D eigenvalue weighted by Gasteiger charge is 2.15. The van der Waals surface area contributed by atoms with E-state index in [4.69, 9.17) is 0 Å². The first-order valence-corrected chi connectivity index (χ1v) is 5.73. The van der Waals surface area contributed by atoms with E-state index in [2.05, 4.69) is 42.8 Å². The van der Waals surface area contributed by atoms with Crippen LogP contribution in [0.3, 0.4) is 0 Å². The van der Waals surface area contributed by atoms with E-state index in [1.54, 1.807) is 0 Å². The largest absolute Gasteiger partial charge is 0.218 e.